The third kappa shape index (κ3) is 5.72. The van der Waals surface area contributed by atoms with Crippen molar-refractivity contribution in [1.82, 2.24) is 15.3 Å². The van der Waals surface area contributed by atoms with Gasteiger partial charge < -0.3 is 10.1 Å². The molecule has 1 amide bonds. The molecule has 0 radical (unpaired) electrons. The minimum Gasteiger partial charge on any atom is -0.467 e. The van der Waals surface area contributed by atoms with E-state index in [0.717, 1.165) is 25.0 Å². The standard InChI is InChI=1S/C18H20F3N3O2/c1-3-4-9-22-15(25)11-26-16-10-12(2)23-17(24-16)13-5-7-14(8-6-13)18(19,20)21/h5-8,10H,3-4,9,11H2,1-2H3,(H,22,25). The first kappa shape index (κ1) is 19.7. The van der Waals surface area contributed by atoms with Crippen LogP contribution in [0.4, 0.5) is 13.2 Å². The summed E-state index contributed by atoms with van der Waals surface area (Å²) in [5.74, 6) is 0.170. The summed E-state index contributed by atoms with van der Waals surface area (Å²) < 4.78 is 43.3. The van der Waals surface area contributed by atoms with Crippen molar-refractivity contribution in [1.29, 1.82) is 0 Å². The van der Waals surface area contributed by atoms with Gasteiger partial charge in [-0.2, -0.15) is 18.2 Å². The zero-order valence-corrected chi connectivity index (χ0v) is 14.6. The van der Waals surface area contributed by atoms with Gasteiger partial charge in [0.1, 0.15) is 0 Å². The molecule has 0 saturated carbocycles. The van der Waals surface area contributed by atoms with Gasteiger partial charge in [-0.1, -0.05) is 25.5 Å². The smallest absolute Gasteiger partial charge is 0.416 e. The van der Waals surface area contributed by atoms with Crippen molar-refractivity contribution in [3.63, 3.8) is 0 Å². The van der Waals surface area contributed by atoms with Gasteiger partial charge in [0.25, 0.3) is 5.91 Å². The highest BCUT2D eigenvalue weighted by atomic mass is 19.4. The molecule has 0 unspecified atom stereocenters. The molecule has 1 N–H and O–H groups in total. The van der Waals surface area contributed by atoms with Gasteiger partial charge >= 0.3 is 6.18 Å². The molecule has 5 nitrogen and oxygen atoms in total. The monoisotopic (exact) mass is 367 g/mol. The van der Waals surface area contributed by atoms with E-state index in [1.165, 1.54) is 12.1 Å². The number of amides is 1. The Labute approximate surface area is 149 Å². The quantitative estimate of drug-likeness (QED) is 0.757. The molecule has 2 aromatic rings. The Bertz CT molecular complexity index is 746. The van der Waals surface area contributed by atoms with Crippen LogP contribution in [0.1, 0.15) is 31.0 Å². The molecule has 1 aromatic heterocycles. The van der Waals surface area contributed by atoms with Crippen molar-refractivity contribution >= 4 is 5.91 Å². The van der Waals surface area contributed by atoms with Crippen LogP contribution in [-0.4, -0.2) is 29.0 Å². The van der Waals surface area contributed by atoms with E-state index >= 15 is 0 Å². The number of carbonyl (C=O) groups is 1. The van der Waals surface area contributed by atoms with E-state index in [1.54, 1.807) is 13.0 Å². The summed E-state index contributed by atoms with van der Waals surface area (Å²) >= 11 is 0. The van der Waals surface area contributed by atoms with E-state index in [-0.39, 0.29) is 24.2 Å². The van der Waals surface area contributed by atoms with E-state index in [4.69, 9.17) is 4.74 Å². The summed E-state index contributed by atoms with van der Waals surface area (Å²) in [6.45, 7) is 4.13. The predicted molar refractivity (Wildman–Crippen MR) is 90.6 cm³/mol. The maximum Gasteiger partial charge on any atom is 0.416 e. The summed E-state index contributed by atoms with van der Waals surface area (Å²) in [6, 6.07) is 6.12. The lowest BCUT2D eigenvalue weighted by Crippen LogP contribution is -2.29. The van der Waals surface area contributed by atoms with E-state index in [2.05, 4.69) is 15.3 Å². The molecule has 0 spiro atoms. The van der Waals surface area contributed by atoms with Gasteiger partial charge in [-0.15, -0.1) is 0 Å². The zero-order chi connectivity index (χ0) is 19.2. The molecule has 8 heteroatoms. The minimum atomic E-state index is -4.40. The molecular formula is C18H20F3N3O2. The Balaban J connectivity index is 2.08. The number of alkyl halides is 3. The Morgan fingerprint density at radius 3 is 2.50 bits per heavy atom. The van der Waals surface area contributed by atoms with Crippen LogP contribution in [0.15, 0.2) is 30.3 Å². The summed E-state index contributed by atoms with van der Waals surface area (Å²) in [5.41, 5.74) is 0.268. The molecule has 1 heterocycles. The molecule has 0 aliphatic carbocycles. The van der Waals surface area contributed by atoms with Crippen LogP contribution in [0.3, 0.4) is 0 Å². The van der Waals surface area contributed by atoms with E-state index < -0.39 is 11.7 Å². The van der Waals surface area contributed by atoms with Gasteiger partial charge in [-0.05, 0) is 25.5 Å². The van der Waals surface area contributed by atoms with Crippen LogP contribution in [-0.2, 0) is 11.0 Å². The van der Waals surface area contributed by atoms with Gasteiger partial charge in [-0.25, -0.2) is 4.98 Å². The zero-order valence-electron chi connectivity index (χ0n) is 14.6. The number of unbranched alkanes of at least 4 members (excludes halogenated alkanes) is 1. The maximum absolute atomic E-state index is 12.6. The molecule has 0 bridgehead atoms. The highest BCUT2D eigenvalue weighted by molar-refractivity contribution is 5.77. The highest BCUT2D eigenvalue weighted by Gasteiger charge is 2.30. The van der Waals surface area contributed by atoms with Crippen molar-refractivity contribution in [3.8, 4) is 17.3 Å². The number of benzene rings is 1. The number of hydrogen-bond donors (Lipinski definition) is 1. The second-order valence-corrected chi connectivity index (χ2v) is 5.74. The van der Waals surface area contributed by atoms with Crippen LogP contribution in [0.25, 0.3) is 11.4 Å². The lowest BCUT2D eigenvalue weighted by molar-refractivity contribution is -0.137. The number of nitrogens with zero attached hydrogens (tertiary/aromatic N) is 2. The van der Waals surface area contributed by atoms with Crippen LogP contribution < -0.4 is 10.1 Å². The molecule has 26 heavy (non-hydrogen) atoms. The van der Waals surface area contributed by atoms with Crippen molar-refractivity contribution in [2.75, 3.05) is 13.2 Å². The Morgan fingerprint density at radius 1 is 1.19 bits per heavy atom. The second kappa shape index (κ2) is 8.64. The fourth-order valence-electron chi connectivity index (χ4n) is 2.15. The normalized spacial score (nSPS) is 11.3. The molecule has 0 aliphatic heterocycles. The van der Waals surface area contributed by atoms with Crippen molar-refractivity contribution < 1.29 is 22.7 Å². The summed E-state index contributed by atoms with van der Waals surface area (Å²) in [6.07, 6.45) is -2.54. The number of ether oxygens (including phenoxy) is 1. The third-order valence-electron chi connectivity index (χ3n) is 3.50. The van der Waals surface area contributed by atoms with Crippen molar-refractivity contribution in [3.05, 3.63) is 41.6 Å². The Morgan fingerprint density at radius 2 is 1.88 bits per heavy atom. The molecule has 0 fully saturated rings. The SMILES string of the molecule is CCCCNC(=O)COc1cc(C)nc(-c2ccc(C(F)(F)F)cc2)n1. The van der Waals surface area contributed by atoms with Crippen LogP contribution in [0.2, 0.25) is 0 Å². The average Bonchev–Trinajstić information content (AvgIpc) is 2.59. The number of aryl methyl sites for hydroxylation is 1. The van der Waals surface area contributed by atoms with Gasteiger partial charge in [0.15, 0.2) is 12.4 Å². The second-order valence-electron chi connectivity index (χ2n) is 5.74. The number of halogens is 3. The number of rotatable bonds is 7. The Kier molecular flexibility index (Phi) is 6.54. The molecule has 1 aromatic carbocycles. The minimum absolute atomic E-state index is 0.188. The highest BCUT2D eigenvalue weighted by Crippen LogP contribution is 2.30. The first-order chi connectivity index (χ1) is 12.3. The van der Waals surface area contributed by atoms with Gasteiger partial charge in [0, 0.05) is 23.9 Å². The lowest BCUT2D eigenvalue weighted by atomic mass is 10.1. The molecule has 0 atom stereocenters. The van der Waals surface area contributed by atoms with Crippen LogP contribution in [0.5, 0.6) is 5.88 Å². The number of nitrogens with one attached hydrogen (secondary N) is 1. The first-order valence-corrected chi connectivity index (χ1v) is 8.22. The van der Waals surface area contributed by atoms with Crippen LogP contribution >= 0.6 is 0 Å². The lowest BCUT2D eigenvalue weighted by Gasteiger charge is -2.10. The van der Waals surface area contributed by atoms with E-state index in [1.807, 2.05) is 6.92 Å². The van der Waals surface area contributed by atoms with Crippen molar-refractivity contribution in [2.45, 2.75) is 32.9 Å². The van der Waals surface area contributed by atoms with E-state index in [9.17, 15) is 18.0 Å². The van der Waals surface area contributed by atoms with Crippen LogP contribution in [0, 0.1) is 6.92 Å². The van der Waals surface area contributed by atoms with Gasteiger partial charge in [0.05, 0.1) is 5.56 Å². The van der Waals surface area contributed by atoms with Gasteiger partial charge in [-0.3, -0.25) is 4.79 Å². The summed E-state index contributed by atoms with van der Waals surface area (Å²) in [4.78, 5) is 20.1. The number of aromatic nitrogens is 2. The topological polar surface area (TPSA) is 64.1 Å². The fraction of sp³-hybridized carbons (Fsp3) is 0.389. The molecule has 0 aliphatic rings. The summed E-state index contributed by atoms with van der Waals surface area (Å²) in [7, 11) is 0. The Hall–Kier alpha value is -2.64. The van der Waals surface area contributed by atoms with E-state index in [0.29, 0.717) is 17.8 Å². The maximum atomic E-state index is 12.6. The van der Waals surface area contributed by atoms with Crippen molar-refractivity contribution in [2.24, 2.45) is 0 Å². The predicted octanol–water partition coefficient (Wildman–Crippen LogP) is 3.77. The molecule has 2 rings (SSSR count). The molecular weight excluding hydrogens is 347 g/mol. The van der Waals surface area contributed by atoms with Gasteiger partial charge in [0.2, 0.25) is 5.88 Å². The fourth-order valence-corrected chi connectivity index (χ4v) is 2.15. The third-order valence-corrected chi connectivity index (χ3v) is 3.50. The summed E-state index contributed by atoms with van der Waals surface area (Å²) in [5, 5.41) is 2.72. The largest absolute Gasteiger partial charge is 0.467 e. The molecule has 140 valence electrons. The number of carbonyl (C=O) groups excluding carboxylic acids is 1. The average molecular weight is 367 g/mol. The first-order valence-electron chi connectivity index (χ1n) is 8.22. The number of hydrogen-bond acceptors (Lipinski definition) is 4. The molecule has 0 saturated heterocycles.